The Morgan fingerprint density at radius 2 is 2.13 bits per heavy atom. The van der Waals surface area contributed by atoms with Gasteiger partial charge in [0, 0.05) is 12.1 Å². The van der Waals surface area contributed by atoms with Crippen molar-refractivity contribution in [1.82, 2.24) is 14.5 Å². The van der Waals surface area contributed by atoms with Crippen LogP contribution in [0.3, 0.4) is 0 Å². The highest BCUT2D eigenvalue weighted by Crippen LogP contribution is 2.34. The van der Waals surface area contributed by atoms with Gasteiger partial charge in [-0.25, -0.2) is 17.2 Å². The largest absolute Gasteiger partial charge is 0.480 e. The van der Waals surface area contributed by atoms with E-state index in [1.54, 1.807) is 0 Å². The second-order valence-corrected chi connectivity index (χ2v) is 6.87. The van der Waals surface area contributed by atoms with Crippen LogP contribution in [0.4, 0.5) is 13.2 Å². The predicted molar refractivity (Wildman–Crippen MR) is 70.9 cm³/mol. The lowest BCUT2D eigenvalue weighted by atomic mass is 10.1. The molecule has 0 spiro atoms. The molecule has 0 bridgehead atoms. The van der Waals surface area contributed by atoms with Crippen molar-refractivity contribution in [2.45, 2.75) is 23.8 Å². The number of alkyl halides is 2. The Labute approximate surface area is 127 Å². The van der Waals surface area contributed by atoms with E-state index in [1.807, 2.05) is 0 Å². The number of fused-ring (bicyclic) bond motifs is 1. The van der Waals surface area contributed by atoms with Crippen molar-refractivity contribution in [1.29, 1.82) is 0 Å². The molecule has 0 amide bonds. The number of benzene rings is 1. The summed E-state index contributed by atoms with van der Waals surface area (Å²) in [5.74, 6) is -2.45. The van der Waals surface area contributed by atoms with Crippen LogP contribution in [-0.4, -0.2) is 46.6 Å². The number of aliphatic carboxylic acids is 1. The van der Waals surface area contributed by atoms with E-state index in [0.29, 0.717) is 10.4 Å². The van der Waals surface area contributed by atoms with E-state index in [9.17, 15) is 26.4 Å². The summed E-state index contributed by atoms with van der Waals surface area (Å²) in [6, 6.07) is 0.248. The molecule has 124 valence electrons. The van der Waals surface area contributed by atoms with Gasteiger partial charge in [0.05, 0.1) is 10.9 Å². The van der Waals surface area contributed by atoms with Gasteiger partial charge in [-0.15, -0.1) is 5.10 Å². The van der Waals surface area contributed by atoms with E-state index in [1.165, 1.54) is 0 Å². The van der Waals surface area contributed by atoms with E-state index in [2.05, 4.69) is 10.2 Å². The first-order valence-corrected chi connectivity index (χ1v) is 7.88. The van der Waals surface area contributed by atoms with Gasteiger partial charge < -0.3 is 5.11 Å². The summed E-state index contributed by atoms with van der Waals surface area (Å²) in [5.41, 5.74) is -0.966. The third-order valence-corrected chi connectivity index (χ3v) is 5.64. The smallest absolute Gasteiger partial charge is 0.322 e. The molecule has 3 rings (SSSR count). The molecule has 1 atom stereocenters. The molecule has 1 aromatic carbocycles. The van der Waals surface area contributed by atoms with Gasteiger partial charge in [0.2, 0.25) is 16.0 Å². The molecule has 1 fully saturated rings. The zero-order chi connectivity index (χ0) is 16.9. The van der Waals surface area contributed by atoms with Crippen molar-refractivity contribution in [3.8, 4) is 0 Å². The van der Waals surface area contributed by atoms with Gasteiger partial charge >= 0.3 is 5.97 Å². The van der Waals surface area contributed by atoms with E-state index < -0.39 is 50.3 Å². The summed E-state index contributed by atoms with van der Waals surface area (Å²) in [7, 11) is -4.38. The second kappa shape index (κ2) is 5.20. The van der Waals surface area contributed by atoms with Crippen LogP contribution in [0.1, 0.15) is 18.4 Å². The highest BCUT2D eigenvalue weighted by molar-refractivity contribution is 7.89. The SMILES string of the molecule is O=C(O)[C@@H]1CCN1S(=O)(=O)c1cc(C(F)F)cc2c(F)n[nH]c12. The predicted octanol–water partition coefficient (Wildman–Crippen LogP) is 1.49. The second-order valence-electron chi connectivity index (χ2n) is 5.02. The number of rotatable bonds is 4. The van der Waals surface area contributed by atoms with Crippen LogP contribution in [0.5, 0.6) is 0 Å². The number of aromatic nitrogens is 2. The van der Waals surface area contributed by atoms with E-state index in [4.69, 9.17) is 5.11 Å². The molecule has 11 heteroatoms. The Morgan fingerprint density at radius 1 is 1.43 bits per heavy atom. The molecular formula is C12H10F3N3O4S. The van der Waals surface area contributed by atoms with Gasteiger partial charge in [0.15, 0.2) is 0 Å². The Kier molecular flexibility index (Phi) is 3.56. The van der Waals surface area contributed by atoms with E-state index in [-0.39, 0.29) is 18.5 Å². The monoisotopic (exact) mass is 349 g/mol. The maximum atomic E-state index is 13.6. The lowest BCUT2D eigenvalue weighted by molar-refractivity contribution is -0.144. The standard InChI is InChI=1S/C12H10F3N3O4S/c13-10(14)5-3-6-9(16-17-11(6)15)8(4-5)23(21,22)18-2-1-7(18)12(19)20/h3-4,7,10H,1-2H2,(H,16,17)(H,19,20)/t7-/m0/s1. The number of H-pyrrole nitrogens is 1. The normalized spacial score (nSPS) is 19.2. The minimum Gasteiger partial charge on any atom is -0.480 e. The Morgan fingerprint density at radius 3 is 2.65 bits per heavy atom. The lowest BCUT2D eigenvalue weighted by Gasteiger charge is -2.36. The van der Waals surface area contributed by atoms with Gasteiger partial charge in [-0.1, -0.05) is 0 Å². The van der Waals surface area contributed by atoms with Crippen LogP contribution in [-0.2, 0) is 14.8 Å². The minimum absolute atomic E-state index is 0.0592. The number of carbonyl (C=O) groups is 1. The molecule has 1 aliphatic heterocycles. The Hall–Kier alpha value is -2.14. The van der Waals surface area contributed by atoms with Gasteiger partial charge in [-0.2, -0.15) is 8.70 Å². The number of hydrogen-bond donors (Lipinski definition) is 2. The fourth-order valence-corrected chi connectivity index (χ4v) is 4.26. The zero-order valence-corrected chi connectivity index (χ0v) is 12.1. The number of carboxylic acid groups (broad SMARTS) is 1. The molecule has 1 aromatic heterocycles. The maximum absolute atomic E-state index is 13.6. The average Bonchev–Trinajstić information content (AvgIpc) is 2.77. The minimum atomic E-state index is -4.38. The van der Waals surface area contributed by atoms with E-state index in [0.717, 1.165) is 6.07 Å². The third kappa shape index (κ3) is 2.36. The Balaban J connectivity index is 2.20. The first kappa shape index (κ1) is 15.7. The van der Waals surface area contributed by atoms with Crippen LogP contribution in [0, 0.1) is 5.95 Å². The van der Waals surface area contributed by atoms with Crippen molar-refractivity contribution in [2.24, 2.45) is 0 Å². The molecular weight excluding hydrogens is 339 g/mol. The van der Waals surface area contributed by atoms with Crippen molar-refractivity contribution in [3.05, 3.63) is 23.6 Å². The van der Waals surface area contributed by atoms with Crippen molar-refractivity contribution >= 4 is 26.9 Å². The number of sulfonamides is 1. The van der Waals surface area contributed by atoms with Crippen LogP contribution < -0.4 is 0 Å². The highest BCUT2D eigenvalue weighted by atomic mass is 32.2. The number of nitrogens with one attached hydrogen (secondary N) is 1. The van der Waals surface area contributed by atoms with Gasteiger partial charge in [0.25, 0.3) is 6.43 Å². The fraction of sp³-hybridized carbons (Fsp3) is 0.333. The molecule has 1 aliphatic rings. The van der Waals surface area contributed by atoms with Crippen molar-refractivity contribution in [2.75, 3.05) is 6.54 Å². The number of nitrogens with zero attached hydrogens (tertiary/aromatic N) is 2. The number of aromatic amines is 1. The average molecular weight is 349 g/mol. The van der Waals surface area contributed by atoms with Gasteiger partial charge in [-0.05, 0) is 18.6 Å². The van der Waals surface area contributed by atoms with Crippen LogP contribution >= 0.6 is 0 Å². The summed E-state index contributed by atoms with van der Waals surface area (Å²) in [6.07, 6.45) is -2.90. The molecule has 0 aliphatic carbocycles. The van der Waals surface area contributed by atoms with Crippen LogP contribution in [0.25, 0.3) is 10.9 Å². The van der Waals surface area contributed by atoms with Crippen LogP contribution in [0.2, 0.25) is 0 Å². The number of halogens is 3. The number of hydrogen-bond acceptors (Lipinski definition) is 4. The lowest BCUT2D eigenvalue weighted by Crippen LogP contribution is -2.54. The summed E-state index contributed by atoms with van der Waals surface area (Å²) >= 11 is 0. The first-order valence-electron chi connectivity index (χ1n) is 6.44. The van der Waals surface area contributed by atoms with Crippen LogP contribution in [0.15, 0.2) is 17.0 Å². The van der Waals surface area contributed by atoms with Gasteiger partial charge in [0.1, 0.15) is 10.9 Å². The summed E-state index contributed by atoms with van der Waals surface area (Å²) in [4.78, 5) is 10.4. The third-order valence-electron chi connectivity index (χ3n) is 3.71. The molecule has 2 heterocycles. The Bertz CT molecular complexity index is 896. The summed E-state index contributed by atoms with van der Waals surface area (Å²) in [6.45, 7) is -0.0592. The fourth-order valence-electron chi connectivity index (χ4n) is 2.43. The highest BCUT2D eigenvalue weighted by Gasteiger charge is 2.44. The van der Waals surface area contributed by atoms with Gasteiger partial charge in [-0.3, -0.25) is 9.89 Å². The topological polar surface area (TPSA) is 103 Å². The molecule has 2 N–H and O–H groups in total. The molecule has 23 heavy (non-hydrogen) atoms. The first-order chi connectivity index (χ1) is 10.7. The zero-order valence-electron chi connectivity index (χ0n) is 11.3. The van der Waals surface area contributed by atoms with Crippen molar-refractivity contribution < 1.29 is 31.5 Å². The number of carboxylic acids is 1. The molecule has 1 saturated heterocycles. The molecule has 0 unspecified atom stereocenters. The maximum Gasteiger partial charge on any atom is 0.322 e. The quantitative estimate of drug-likeness (QED) is 0.870. The molecule has 2 aromatic rings. The summed E-state index contributed by atoms with van der Waals surface area (Å²) < 4.78 is 65.3. The summed E-state index contributed by atoms with van der Waals surface area (Å²) in [5, 5.41) is 13.9. The molecule has 0 radical (unpaired) electrons. The molecule has 0 saturated carbocycles. The van der Waals surface area contributed by atoms with E-state index >= 15 is 0 Å². The van der Waals surface area contributed by atoms with Crippen molar-refractivity contribution in [3.63, 3.8) is 0 Å². The molecule has 7 nitrogen and oxygen atoms in total.